The van der Waals surface area contributed by atoms with Gasteiger partial charge in [-0.1, -0.05) is 97.1 Å². The number of aromatic nitrogens is 2. The average molecular weight is 555 g/mol. The summed E-state index contributed by atoms with van der Waals surface area (Å²) in [4.78, 5) is 7.20. The van der Waals surface area contributed by atoms with E-state index in [0.717, 1.165) is 45.0 Å². The normalized spacial score (nSPS) is 10.9. The van der Waals surface area contributed by atoms with Crippen LogP contribution in [-0.2, 0) is 0 Å². The SMILES string of the molecule is CN(C)c1ccc(-c2ccc(OB(F)F)c(-c3nc(-c4ccccc4)c(-c4ccccc4)n3-c3ccccc3)c2)cc1. The molecule has 206 valence electrons. The van der Waals surface area contributed by atoms with Crippen LogP contribution in [0.15, 0.2) is 133 Å². The molecule has 1 heterocycles. The average Bonchev–Trinajstić information content (AvgIpc) is 3.43. The van der Waals surface area contributed by atoms with E-state index < -0.39 is 7.47 Å². The molecule has 5 aromatic carbocycles. The number of rotatable bonds is 8. The molecule has 1 aromatic heterocycles. The minimum atomic E-state index is -2.99. The van der Waals surface area contributed by atoms with Gasteiger partial charge in [-0.05, 0) is 47.5 Å². The summed E-state index contributed by atoms with van der Waals surface area (Å²) >= 11 is 0. The Morgan fingerprint density at radius 3 is 1.81 bits per heavy atom. The Kier molecular flexibility index (Phi) is 7.56. The van der Waals surface area contributed by atoms with Crippen LogP contribution in [0.4, 0.5) is 14.3 Å². The third-order valence-corrected chi connectivity index (χ3v) is 7.14. The molecular weight excluding hydrogens is 527 g/mol. The van der Waals surface area contributed by atoms with Gasteiger partial charge in [0.2, 0.25) is 0 Å². The van der Waals surface area contributed by atoms with Crippen LogP contribution in [0.1, 0.15) is 0 Å². The van der Waals surface area contributed by atoms with Crippen LogP contribution < -0.4 is 9.55 Å². The lowest BCUT2D eigenvalue weighted by atomic mass is 10.0. The topological polar surface area (TPSA) is 30.3 Å². The third-order valence-electron chi connectivity index (χ3n) is 7.14. The summed E-state index contributed by atoms with van der Waals surface area (Å²) in [6.45, 7) is 0. The summed E-state index contributed by atoms with van der Waals surface area (Å²) in [6.07, 6.45) is 0. The highest BCUT2D eigenvalue weighted by molar-refractivity contribution is 6.35. The zero-order valence-corrected chi connectivity index (χ0v) is 23.3. The minimum Gasteiger partial charge on any atom is -0.505 e. The Labute approximate surface area is 244 Å². The van der Waals surface area contributed by atoms with Crippen LogP contribution in [0.3, 0.4) is 0 Å². The predicted octanol–water partition coefficient (Wildman–Crippen LogP) is 8.91. The molecule has 6 aromatic rings. The smallest absolute Gasteiger partial charge is 0.505 e. The zero-order chi connectivity index (χ0) is 29.1. The monoisotopic (exact) mass is 555 g/mol. The van der Waals surface area contributed by atoms with Crippen molar-refractivity contribution in [3.05, 3.63) is 133 Å². The highest BCUT2D eigenvalue weighted by Gasteiger charge is 2.27. The van der Waals surface area contributed by atoms with E-state index in [0.29, 0.717) is 11.4 Å². The largest absolute Gasteiger partial charge is 0.796 e. The van der Waals surface area contributed by atoms with Crippen LogP contribution >= 0.6 is 0 Å². The molecule has 0 aliphatic carbocycles. The second kappa shape index (κ2) is 11.7. The van der Waals surface area contributed by atoms with Gasteiger partial charge in [-0.25, -0.2) is 13.6 Å². The van der Waals surface area contributed by atoms with Gasteiger partial charge >= 0.3 is 7.47 Å². The maximum absolute atomic E-state index is 13.7. The van der Waals surface area contributed by atoms with Crippen molar-refractivity contribution < 1.29 is 13.3 Å². The number of halogens is 2. The van der Waals surface area contributed by atoms with Gasteiger partial charge in [0, 0.05) is 36.6 Å². The molecule has 42 heavy (non-hydrogen) atoms. The third kappa shape index (κ3) is 5.41. The first-order chi connectivity index (χ1) is 20.5. The maximum atomic E-state index is 13.7. The Morgan fingerprint density at radius 2 is 1.21 bits per heavy atom. The van der Waals surface area contributed by atoms with Crippen molar-refractivity contribution in [2.24, 2.45) is 0 Å². The van der Waals surface area contributed by atoms with E-state index in [1.54, 1.807) is 12.1 Å². The van der Waals surface area contributed by atoms with E-state index in [1.807, 2.05) is 145 Å². The second-order valence-electron chi connectivity index (χ2n) is 10.1. The van der Waals surface area contributed by atoms with E-state index >= 15 is 0 Å². The van der Waals surface area contributed by atoms with Gasteiger partial charge in [0.25, 0.3) is 0 Å². The molecule has 0 amide bonds. The molecule has 0 spiro atoms. The van der Waals surface area contributed by atoms with Crippen molar-refractivity contribution in [2.75, 3.05) is 19.0 Å². The summed E-state index contributed by atoms with van der Waals surface area (Å²) in [7, 11) is 0.986. The Balaban J connectivity index is 1.66. The first-order valence-corrected chi connectivity index (χ1v) is 13.7. The van der Waals surface area contributed by atoms with Gasteiger partial charge < -0.3 is 9.55 Å². The van der Waals surface area contributed by atoms with Gasteiger partial charge in [-0.2, -0.15) is 0 Å². The van der Waals surface area contributed by atoms with Crippen molar-refractivity contribution >= 4 is 13.2 Å². The Morgan fingerprint density at radius 1 is 0.643 bits per heavy atom. The number of hydrogen-bond acceptors (Lipinski definition) is 3. The van der Waals surface area contributed by atoms with Crippen molar-refractivity contribution in [1.82, 2.24) is 9.55 Å². The lowest BCUT2D eigenvalue weighted by Gasteiger charge is -2.17. The van der Waals surface area contributed by atoms with Crippen molar-refractivity contribution in [1.29, 1.82) is 0 Å². The van der Waals surface area contributed by atoms with Crippen LogP contribution in [0, 0.1) is 0 Å². The summed E-state index contributed by atoms with van der Waals surface area (Å²) in [5, 5.41) is 0. The summed E-state index contributed by atoms with van der Waals surface area (Å²) in [6, 6.07) is 43.1. The lowest BCUT2D eigenvalue weighted by Crippen LogP contribution is -2.10. The predicted molar refractivity (Wildman–Crippen MR) is 168 cm³/mol. The van der Waals surface area contributed by atoms with Crippen molar-refractivity contribution in [2.45, 2.75) is 0 Å². The molecule has 0 atom stereocenters. The maximum Gasteiger partial charge on any atom is 0.796 e. The summed E-state index contributed by atoms with van der Waals surface area (Å²) in [5.74, 6) is 0.557. The molecule has 7 heteroatoms. The van der Waals surface area contributed by atoms with Gasteiger partial charge in [-0.15, -0.1) is 0 Å². The molecule has 0 radical (unpaired) electrons. The van der Waals surface area contributed by atoms with E-state index in [1.165, 1.54) is 0 Å². The van der Waals surface area contributed by atoms with Crippen LogP contribution in [0.2, 0.25) is 0 Å². The molecule has 0 N–H and O–H groups in total. The second-order valence-corrected chi connectivity index (χ2v) is 10.1. The summed E-state index contributed by atoms with van der Waals surface area (Å²) < 4.78 is 34.6. The molecule has 4 nitrogen and oxygen atoms in total. The van der Waals surface area contributed by atoms with E-state index in [4.69, 9.17) is 9.64 Å². The number of benzene rings is 5. The molecule has 0 aliphatic rings. The molecule has 0 unspecified atom stereocenters. The zero-order valence-electron chi connectivity index (χ0n) is 23.3. The van der Waals surface area contributed by atoms with Crippen molar-refractivity contribution in [3.63, 3.8) is 0 Å². The molecule has 0 bridgehead atoms. The standard InChI is InChI=1S/C35H28BF2N3O/c1-40(2)29-21-18-25(19-22-29)28-20-23-32(42-36(37)38)31(24-28)35-39-33(26-12-6-3-7-13-26)34(27-14-8-4-9-15-27)41(35)30-16-10-5-11-17-30/h3-24H,1-2H3. The highest BCUT2D eigenvalue weighted by atomic mass is 19.2. The van der Waals surface area contributed by atoms with Crippen LogP contribution in [-0.4, -0.2) is 31.1 Å². The molecule has 0 saturated carbocycles. The van der Waals surface area contributed by atoms with E-state index in [2.05, 4.69) is 0 Å². The molecule has 0 aliphatic heterocycles. The number of anilines is 1. The Bertz CT molecular complexity index is 1790. The van der Waals surface area contributed by atoms with Gasteiger partial charge in [0.15, 0.2) is 0 Å². The number of para-hydroxylation sites is 1. The first kappa shape index (κ1) is 27.0. The minimum absolute atomic E-state index is 0.0556. The quantitative estimate of drug-likeness (QED) is 0.176. The van der Waals surface area contributed by atoms with Gasteiger partial charge in [0.05, 0.1) is 17.0 Å². The number of hydrogen-bond donors (Lipinski definition) is 0. The number of nitrogens with zero attached hydrogens (tertiary/aromatic N) is 3. The molecule has 6 rings (SSSR count). The summed E-state index contributed by atoms with van der Waals surface area (Å²) in [5.41, 5.74) is 7.66. The number of imidazole rings is 1. The molecular formula is C35H28BF2N3O. The highest BCUT2D eigenvalue weighted by Crippen LogP contribution is 2.42. The van der Waals surface area contributed by atoms with Crippen LogP contribution in [0.25, 0.3) is 50.7 Å². The Hall–Kier alpha value is -5.17. The van der Waals surface area contributed by atoms with Gasteiger partial charge in [0.1, 0.15) is 11.6 Å². The fourth-order valence-electron chi connectivity index (χ4n) is 5.12. The van der Waals surface area contributed by atoms with E-state index in [-0.39, 0.29) is 5.75 Å². The first-order valence-electron chi connectivity index (χ1n) is 13.7. The van der Waals surface area contributed by atoms with Crippen molar-refractivity contribution in [3.8, 4) is 56.5 Å². The van der Waals surface area contributed by atoms with E-state index in [9.17, 15) is 8.63 Å². The fraction of sp³-hybridized carbons (Fsp3) is 0.0571. The molecule has 0 fully saturated rings. The van der Waals surface area contributed by atoms with Crippen LogP contribution in [0.5, 0.6) is 5.75 Å². The molecule has 0 saturated heterocycles. The van der Waals surface area contributed by atoms with Gasteiger partial charge in [-0.3, -0.25) is 4.57 Å². The lowest BCUT2D eigenvalue weighted by molar-refractivity contribution is 0.427. The fourth-order valence-corrected chi connectivity index (χ4v) is 5.12.